The number of aromatic nitrogens is 4. The number of pyridine rings is 1. The van der Waals surface area contributed by atoms with Gasteiger partial charge in [0.2, 0.25) is 5.75 Å². The van der Waals surface area contributed by atoms with Crippen molar-refractivity contribution in [2.24, 2.45) is 0 Å². The second kappa shape index (κ2) is 9.75. The maximum atomic E-state index is 15.0. The van der Waals surface area contributed by atoms with E-state index in [1.54, 1.807) is 18.2 Å². The highest BCUT2D eigenvalue weighted by atomic mass is 19.1. The molecule has 0 unspecified atom stereocenters. The van der Waals surface area contributed by atoms with E-state index in [0.29, 0.717) is 22.5 Å². The Morgan fingerprint density at radius 2 is 1.91 bits per heavy atom. The molecule has 2 N–H and O–H groups in total. The zero-order valence-corrected chi connectivity index (χ0v) is 20.0. The van der Waals surface area contributed by atoms with Crippen molar-refractivity contribution in [3.8, 4) is 17.4 Å². The molecule has 5 rings (SSSR count). The molecular weight excluding hydrogens is 449 g/mol. The molecular formula is C25H28FN7O2. The van der Waals surface area contributed by atoms with Gasteiger partial charge in [-0.25, -0.2) is 14.4 Å². The highest BCUT2D eigenvalue weighted by Crippen LogP contribution is 2.37. The number of aromatic amines is 1. The topological polar surface area (TPSA) is 91.4 Å². The van der Waals surface area contributed by atoms with Crippen LogP contribution in [0.5, 0.6) is 17.4 Å². The standard InChI is InChI=1S/C25H28FN7O2/c1-4-32-9-11-33(12-10-32)17-5-8-21(27-14-17)31-24-23(34-3)25(29-15-28-24)35-20-7-6-19-18(22(20)26)13-16(2)30-19/h5-8,13-15,30H,4,9-12H2,1-3H3,(H,27,28,29,31). The van der Waals surface area contributed by atoms with Gasteiger partial charge >= 0.3 is 0 Å². The number of nitrogens with zero attached hydrogens (tertiary/aromatic N) is 5. The zero-order valence-electron chi connectivity index (χ0n) is 20.0. The lowest BCUT2D eigenvalue weighted by Gasteiger charge is -2.35. The molecule has 9 nitrogen and oxygen atoms in total. The maximum Gasteiger partial charge on any atom is 0.268 e. The number of methoxy groups -OCH3 is 1. The van der Waals surface area contributed by atoms with Gasteiger partial charge in [0.15, 0.2) is 17.4 Å². The number of fused-ring (bicyclic) bond motifs is 1. The molecule has 182 valence electrons. The number of nitrogens with one attached hydrogen (secondary N) is 2. The van der Waals surface area contributed by atoms with E-state index in [0.717, 1.165) is 44.1 Å². The Kier molecular flexibility index (Phi) is 6.37. The molecule has 1 aromatic carbocycles. The first kappa shape index (κ1) is 22.9. The summed E-state index contributed by atoms with van der Waals surface area (Å²) in [5.41, 5.74) is 2.64. The molecule has 0 amide bonds. The van der Waals surface area contributed by atoms with Crippen LogP contribution in [0.25, 0.3) is 10.9 Å². The van der Waals surface area contributed by atoms with E-state index in [2.05, 4.69) is 42.0 Å². The maximum absolute atomic E-state index is 15.0. The van der Waals surface area contributed by atoms with Crippen molar-refractivity contribution in [2.45, 2.75) is 13.8 Å². The fourth-order valence-electron chi connectivity index (χ4n) is 4.27. The summed E-state index contributed by atoms with van der Waals surface area (Å²) in [7, 11) is 1.48. The van der Waals surface area contributed by atoms with Crippen molar-refractivity contribution >= 4 is 28.2 Å². The summed E-state index contributed by atoms with van der Waals surface area (Å²) >= 11 is 0. The Hall–Kier alpha value is -3.92. The Morgan fingerprint density at radius 1 is 1.09 bits per heavy atom. The number of H-pyrrole nitrogens is 1. The van der Waals surface area contributed by atoms with Crippen LogP contribution in [0, 0.1) is 12.7 Å². The minimum Gasteiger partial charge on any atom is -0.489 e. The molecule has 0 saturated carbocycles. The lowest BCUT2D eigenvalue weighted by Crippen LogP contribution is -2.46. The Balaban J connectivity index is 1.34. The summed E-state index contributed by atoms with van der Waals surface area (Å²) in [4.78, 5) is 20.8. The first-order valence-electron chi connectivity index (χ1n) is 11.6. The Morgan fingerprint density at radius 3 is 2.63 bits per heavy atom. The second-order valence-electron chi connectivity index (χ2n) is 8.40. The van der Waals surface area contributed by atoms with E-state index in [1.165, 1.54) is 13.4 Å². The number of anilines is 3. The minimum absolute atomic E-state index is 0.0464. The summed E-state index contributed by atoms with van der Waals surface area (Å²) in [6, 6.07) is 8.99. The molecule has 10 heteroatoms. The van der Waals surface area contributed by atoms with E-state index >= 15 is 4.39 Å². The van der Waals surface area contributed by atoms with Crippen LogP contribution in [0.15, 0.2) is 42.9 Å². The van der Waals surface area contributed by atoms with E-state index in [1.807, 2.05) is 25.3 Å². The average molecular weight is 478 g/mol. The van der Waals surface area contributed by atoms with Crippen LogP contribution in [0.3, 0.4) is 0 Å². The minimum atomic E-state index is -0.473. The van der Waals surface area contributed by atoms with Gasteiger partial charge in [0.1, 0.15) is 12.1 Å². The number of hydrogen-bond donors (Lipinski definition) is 2. The quantitative estimate of drug-likeness (QED) is 0.402. The van der Waals surface area contributed by atoms with Gasteiger partial charge in [-0.2, -0.15) is 4.98 Å². The zero-order chi connectivity index (χ0) is 24.4. The van der Waals surface area contributed by atoms with Gasteiger partial charge in [-0.1, -0.05) is 6.92 Å². The molecule has 1 aliphatic heterocycles. The van der Waals surface area contributed by atoms with E-state index in [4.69, 9.17) is 9.47 Å². The van der Waals surface area contributed by atoms with Crippen molar-refractivity contribution in [2.75, 3.05) is 50.1 Å². The number of likely N-dealkylation sites (N-methyl/N-ethyl adjacent to an activating group) is 1. The third-order valence-corrected chi connectivity index (χ3v) is 6.20. The number of halogens is 1. The van der Waals surface area contributed by atoms with Gasteiger partial charge in [-0.3, -0.25) is 0 Å². The SMILES string of the molecule is CCN1CCN(c2ccc(Nc3ncnc(Oc4ccc5[nH]c(C)cc5c4F)c3OC)nc2)CC1. The van der Waals surface area contributed by atoms with Gasteiger partial charge in [0.25, 0.3) is 5.88 Å². The fourth-order valence-corrected chi connectivity index (χ4v) is 4.27. The monoisotopic (exact) mass is 477 g/mol. The third-order valence-electron chi connectivity index (χ3n) is 6.20. The molecule has 0 radical (unpaired) electrons. The van der Waals surface area contributed by atoms with Crippen LogP contribution in [0.4, 0.5) is 21.7 Å². The molecule has 1 saturated heterocycles. The highest BCUT2D eigenvalue weighted by molar-refractivity contribution is 5.83. The van der Waals surface area contributed by atoms with Crippen LogP contribution in [0.1, 0.15) is 12.6 Å². The molecule has 0 aliphatic carbocycles. The number of piperazine rings is 1. The van der Waals surface area contributed by atoms with Gasteiger partial charge in [-0.05, 0) is 43.8 Å². The predicted molar refractivity (Wildman–Crippen MR) is 133 cm³/mol. The highest BCUT2D eigenvalue weighted by Gasteiger charge is 2.19. The molecule has 1 aliphatic rings. The van der Waals surface area contributed by atoms with E-state index in [9.17, 15) is 0 Å². The van der Waals surface area contributed by atoms with Crippen molar-refractivity contribution < 1.29 is 13.9 Å². The molecule has 0 spiro atoms. The first-order chi connectivity index (χ1) is 17.1. The first-order valence-corrected chi connectivity index (χ1v) is 11.6. The number of benzene rings is 1. The predicted octanol–water partition coefficient (Wildman–Crippen LogP) is 4.49. The van der Waals surface area contributed by atoms with Crippen LogP contribution in [-0.4, -0.2) is 64.7 Å². The third kappa shape index (κ3) is 4.69. The molecule has 4 heterocycles. The lowest BCUT2D eigenvalue weighted by molar-refractivity contribution is 0.271. The van der Waals surface area contributed by atoms with Gasteiger partial charge in [0.05, 0.1) is 19.0 Å². The molecule has 1 fully saturated rings. The number of hydrogen-bond acceptors (Lipinski definition) is 8. The Bertz CT molecular complexity index is 1320. The van der Waals surface area contributed by atoms with Crippen molar-refractivity contribution in [3.05, 3.63) is 54.4 Å². The summed E-state index contributed by atoms with van der Waals surface area (Å²) < 4.78 is 26.3. The van der Waals surface area contributed by atoms with Crippen molar-refractivity contribution in [3.63, 3.8) is 0 Å². The summed E-state index contributed by atoms with van der Waals surface area (Å²) in [6.07, 6.45) is 3.18. The van der Waals surface area contributed by atoms with E-state index in [-0.39, 0.29) is 17.4 Å². The Labute approximate surface area is 202 Å². The number of aryl methyl sites for hydroxylation is 1. The number of rotatable bonds is 7. The van der Waals surface area contributed by atoms with Crippen molar-refractivity contribution in [1.29, 1.82) is 0 Å². The van der Waals surface area contributed by atoms with Crippen molar-refractivity contribution in [1.82, 2.24) is 24.8 Å². The smallest absolute Gasteiger partial charge is 0.268 e. The molecule has 0 atom stereocenters. The second-order valence-corrected chi connectivity index (χ2v) is 8.40. The molecule has 0 bridgehead atoms. The van der Waals surface area contributed by atoms with Crippen LogP contribution in [-0.2, 0) is 0 Å². The fraction of sp³-hybridized carbons (Fsp3) is 0.320. The number of ether oxygens (including phenoxy) is 2. The summed E-state index contributed by atoms with van der Waals surface area (Å²) in [5, 5.41) is 3.60. The van der Waals surface area contributed by atoms with Crippen LogP contribution < -0.4 is 19.7 Å². The van der Waals surface area contributed by atoms with Gasteiger partial charge in [0, 0.05) is 42.8 Å². The lowest BCUT2D eigenvalue weighted by atomic mass is 10.2. The van der Waals surface area contributed by atoms with Gasteiger partial charge in [-0.15, -0.1) is 0 Å². The summed E-state index contributed by atoms with van der Waals surface area (Å²) in [6.45, 7) is 9.20. The molecule has 35 heavy (non-hydrogen) atoms. The summed E-state index contributed by atoms with van der Waals surface area (Å²) in [5.74, 6) is 0.886. The van der Waals surface area contributed by atoms with Crippen LogP contribution >= 0.6 is 0 Å². The normalized spacial score (nSPS) is 14.3. The van der Waals surface area contributed by atoms with Gasteiger partial charge < -0.3 is 29.6 Å². The molecule has 4 aromatic rings. The molecule has 3 aromatic heterocycles. The van der Waals surface area contributed by atoms with Crippen LogP contribution in [0.2, 0.25) is 0 Å². The van der Waals surface area contributed by atoms with E-state index < -0.39 is 5.82 Å². The largest absolute Gasteiger partial charge is 0.489 e. The average Bonchev–Trinajstić information content (AvgIpc) is 3.28.